The van der Waals surface area contributed by atoms with E-state index in [1.165, 1.54) is 32.1 Å². The second-order valence-electron chi connectivity index (χ2n) is 7.56. The predicted molar refractivity (Wildman–Crippen MR) is 100 cm³/mol. The molecule has 2 fully saturated rings. The van der Waals surface area contributed by atoms with Crippen LogP contribution in [0.25, 0.3) is 0 Å². The van der Waals surface area contributed by atoms with Crippen molar-refractivity contribution < 1.29 is 4.79 Å². The quantitative estimate of drug-likeness (QED) is 0.760. The zero-order chi connectivity index (χ0) is 16.8. The Labute approximate surface area is 145 Å². The molecule has 0 bridgehead atoms. The van der Waals surface area contributed by atoms with E-state index in [0.29, 0.717) is 6.04 Å². The van der Waals surface area contributed by atoms with Crippen LogP contribution in [0, 0.1) is 11.8 Å². The Morgan fingerprint density at radius 2 is 1.54 bits per heavy atom. The smallest absolute Gasteiger partial charge is 0.227 e. The van der Waals surface area contributed by atoms with Gasteiger partial charge < -0.3 is 16.4 Å². The zero-order valence-corrected chi connectivity index (χ0v) is 14.6. The van der Waals surface area contributed by atoms with Crippen LogP contribution in [0.1, 0.15) is 57.8 Å². The molecule has 1 amide bonds. The number of nitrogens with one attached hydrogen (secondary N) is 2. The molecule has 2 aliphatic rings. The fourth-order valence-corrected chi connectivity index (χ4v) is 3.94. The van der Waals surface area contributed by atoms with Gasteiger partial charge in [-0.3, -0.25) is 4.79 Å². The van der Waals surface area contributed by atoms with Gasteiger partial charge in [-0.25, -0.2) is 0 Å². The topological polar surface area (TPSA) is 67.2 Å². The second-order valence-corrected chi connectivity index (χ2v) is 7.56. The maximum absolute atomic E-state index is 12.3. The normalized spacial score (nSPS) is 25.2. The molecule has 0 unspecified atom stereocenters. The SMILES string of the molecule is N[C@H]1CC[C@H](CNc2ccc(NC(=O)C3CCCCC3)cc2)CC1. The molecular formula is C20H31N3O. The van der Waals surface area contributed by atoms with Crippen LogP contribution in [0.3, 0.4) is 0 Å². The molecule has 4 N–H and O–H groups in total. The van der Waals surface area contributed by atoms with Crippen LogP contribution in [0.15, 0.2) is 24.3 Å². The number of rotatable bonds is 5. The Balaban J connectivity index is 1.44. The van der Waals surface area contributed by atoms with Gasteiger partial charge in [0, 0.05) is 29.9 Å². The fraction of sp³-hybridized carbons (Fsp3) is 0.650. The van der Waals surface area contributed by atoms with E-state index in [1.54, 1.807) is 0 Å². The molecule has 132 valence electrons. The molecule has 2 saturated carbocycles. The van der Waals surface area contributed by atoms with Crippen molar-refractivity contribution in [2.75, 3.05) is 17.2 Å². The van der Waals surface area contributed by atoms with E-state index in [0.717, 1.165) is 49.5 Å². The molecule has 0 spiro atoms. The molecule has 2 aliphatic carbocycles. The highest BCUT2D eigenvalue weighted by molar-refractivity contribution is 5.92. The van der Waals surface area contributed by atoms with E-state index < -0.39 is 0 Å². The van der Waals surface area contributed by atoms with Crippen molar-refractivity contribution in [2.24, 2.45) is 17.6 Å². The van der Waals surface area contributed by atoms with Gasteiger partial charge in [0.15, 0.2) is 0 Å². The lowest BCUT2D eigenvalue weighted by Gasteiger charge is -2.26. The Kier molecular flexibility index (Phi) is 6.13. The standard InChI is InChI=1S/C20H31N3O/c21-17-8-6-15(7-9-17)14-22-18-10-12-19(13-11-18)23-20(24)16-4-2-1-3-5-16/h10-13,15-17,22H,1-9,14,21H2,(H,23,24)/t15-,17-. The highest BCUT2D eigenvalue weighted by Gasteiger charge is 2.21. The predicted octanol–water partition coefficient (Wildman–Crippen LogP) is 4.13. The molecule has 1 aromatic rings. The Bertz CT molecular complexity index is 514. The summed E-state index contributed by atoms with van der Waals surface area (Å²) < 4.78 is 0. The third kappa shape index (κ3) is 4.97. The van der Waals surface area contributed by atoms with Crippen molar-refractivity contribution in [3.05, 3.63) is 24.3 Å². The number of benzene rings is 1. The molecule has 0 radical (unpaired) electrons. The number of carbonyl (C=O) groups excluding carboxylic acids is 1. The minimum atomic E-state index is 0.189. The molecule has 3 rings (SSSR count). The lowest BCUT2D eigenvalue weighted by molar-refractivity contribution is -0.120. The minimum absolute atomic E-state index is 0.189. The first-order valence-corrected chi connectivity index (χ1v) is 9.61. The summed E-state index contributed by atoms with van der Waals surface area (Å²) in [4.78, 5) is 12.3. The largest absolute Gasteiger partial charge is 0.385 e. The van der Waals surface area contributed by atoms with Crippen LogP contribution >= 0.6 is 0 Å². The van der Waals surface area contributed by atoms with Gasteiger partial charge in [-0.1, -0.05) is 19.3 Å². The summed E-state index contributed by atoms with van der Waals surface area (Å²) >= 11 is 0. The van der Waals surface area contributed by atoms with Crippen LogP contribution < -0.4 is 16.4 Å². The Hall–Kier alpha value is -1.55. The molecule has 0 atom stereocenters. The molecule has 0 saturated heterocycles. The first kappa shape index (κ1) is 17.3. The zero-order valence-electron chi connectivity index (χ0n) is 14.6. The minimum Gasteiger partial charge on any atom is -0.385 e. The summed E-state index contributed by atoms with van der Waals surface area (Å²) in [5.41, 5.74) is 7.99. The van der Waals surface area contributed by atoms with E-state index in [9.17, 15) is 4.79 Å². The Morgan fingerprint density at radius 1 is 0.917 bits per heavy atom. The van der Waals surface area contributed by atoms with Crippen LogP contribution in [0.2, 0.25) is 0 Å². The number of carbonyl (C=O) groups is 1. The molecule has 4 nitrogen and oxygen atoms in total. The molecule has 0 aromatic heterocycles. The summed E-state index contributed by atoms with van der Waals surface area (Å²) in [6.07, 6.45) is 10.5. The van der Waals surface area contributed by atoms with Crippen molar-refractivity contribution in [1.82, 2.24) is 0 Å². The molecule has 1 aromatic carbocycles. The van der Waals surface area contributed by atoms with Gasteiger partial charge in [-0.05, 0) is 68.7 Å². The molecule has 24 heavy (non-hydrogen) atoms. The van der Waals surface area contributed by atoms with E-state index in [4.69, 9.17) is 5.73 Å². The summed E-state index contributed by atoms with van der Waals surface area (Å²) in [6, 6.07) is 8.53. The van der Waals surface area contributed by atoms with Crippen molar-refractivity contribution >= 4 is 17.3 Å². The summed E-state index contributed by atoms with van der Waals surface area (Å²) in [5, 5.41) is 6.59. The molecular weight excluding hydrogens is 298 g/mol. The van der Waals surface area contributed by atoms with E-state index in [1.807, 2.05) is 12.1 Å². The number of amides is 1. The summed E-state index contributed by atoms with van der Waals surface area (Å²) in [5.74, 6) is 1.12. The number of nitrogens with two attached hydrogens (primary N) is 1. The maximum atomic E-state index is 12.3. The van der Waals surface area contributed by atoms with Crippen LogP contribution in [-0.4, -0.2) is 18.5 Å². The first-order chi connectivity index (χ1) is 11.7. The maximum Gasteiger partial charge on any atom is 0.227 e. The van der Waals surface area contributed by atoms with E-state index in [2.05, 4.69) is 22.8 Å². The van der Waals surface area contributed by atoms with Gasteiger partial charge in [0.05, 0.1) is 0 Å². The summed E-state index contributed by atoms with van der Waals surface area (Å²) in [7, 11) is 0. The van der Waals surface area contributed by atoms with Gasteiger partial charge in [0.2, 0.25) is 5.91 Å². The second kappa shape index (κ2) is 8.52. The highest BCUT2D eigenvalue weighted by atomic mass is 16.1. The Morgan fingerprint density at radius 3 is 2.21 bits per heavy atom. The molecule has 4 heteroatoms. The van der Waals surface area contributed by atoms with Crippen molar-refractivity contribution in [3.63, 3.8) is 0 Å². The average Bonchev–Trinajstić information content (AvgIpc) is 2.63. The average molecular weight is 329 g/mol. The number of hydrogen-bond acceptors (Lipinski definition) is 3. The molecule has 0 heterocycles. The molecule has 0 aliphatic heterocycles. The number of anilines is 2. The lowest BCUT2D eigenvalue weighted by Crippen LogP contribution is -2.29. The van der Waals surface area contributed by atoms with Gasteiger partial charge in [-0.2, -0.15) is 0 Å². The van der Waals surface area contributed by atoms with E-state index in [-0.39, 0.29) is 11.8 Å². The number of hydrogen-bond donors (Lipinski definition) is 3. The van der Waals surface area contributed by atoms with Crippen LogP contribution in [0.5, 0.6) is 0 Å². The third-order valence-corrected chi connectivity index (χ3v) is 5.61. The van der Waals surface area contributed by atoms with E-state index >= 15 is 0 Å². The van der Waals surface area contributed by atoms with Crippen molar-refractivity contribution in [1.29, 1.82) is 0 Å². The van der Waals surface area contributed by atoms with Gasteiger partial charge in [0.25, 0.3) is 0 Å². The van der Waals surface area contributed by atoms with Gasteiger partial charge >= 0.3 is 0 Å². The third-order valence-electron chi connectivity index (χ3n) is 5.61. The van der Waals surface area contributed by atoms with Crippen LogP contribution in [0.4, 0.5) is 11.4 Å². The summed E-state index contributed by atoms with van der Waals surface area (Å²) in [6.45, 7) is 1.01. The monoisotopic (exact) mass is 329 g/mol. The first-order valence-electron chi connectivity index (χ1n) is 9.61. The highest BCUT2D eigenvalue weighted by Crippen LogP contribution is 2.26. The fourth-order valence-electron chi connectivity index (χ4n) is 3.94. The van der Waals surface area contributed by atoms with Gasteiger partial charge in [0.1, 0.15) is 0 Å². The van der Waals surface area contributed by atoms with Crippen molar-refractivity contribution in [2.45, 2.75) is 63.8 Å². The van der Waals surface area contributed by atoms with Crippen LogP contribution in [-0.2, 0) is 4.79 Å². The lowest BCUT2D eigenvalue weighted by atomic mass is 9.86. The van der Waals surface area contributed by atoms with Crippen molar-refractivity contribution in [3.8, 4) is 0 Å². The van der Waals surface area contributed by atoms with Gasteiger partial charge in [-0.15, -0.1) is 0 Å².